The van der Waals surface area contributed by atoms with Crippen LogP contribution >= 0.6 is 11.6 Å². The van der Waals surface area contributed by atoms with E-state index in [0.717, 1.165) is 32.5 Å². The number of rotatable bonds is 9. The van der Waals surface area contributed by atoms with Crippen LogP contribution in [0.25, 0.3) is 0 Å². The van der Waals surface area contributed by atoms with Gasteiger partial charge in [0.25, 0.3) is 0 Å². The second-order valence-electron chi connectivity index (χ2n) is 5.89. The zero-order valence-corrected chi connectivity index (χ0v) is 15.5. The average Bonchev–Trinajstić information content (AvgIpc) is 3.13. The molecule has 0 saturated carbocycles. The molecule has 1 aliphatic rings. The molecule has 1 fully saturated rings. The molecule has 2 unspecified atom stereocenters. The maximum absolute atomic E-state index is 10.3. The fraction of sp³-hybridized carbons (Fsp3) is 0.611. The zero-order chi connectivity index (χ0) is 17.9. The summed E-state index contributed by atoms with van der Waals surface area (Å²) in [5.74, 6) is 0.679. The monoisotopic (exact) mass is 369 g/mol. The van der Waals surface area contributed by atoms with Gasteiger partial charge in [-0.25, -0.2) is 0 Å². The lowest BCUT2D eigenvalue weighted by atomic mass is 10.1. The van der Waals surface area contributed by atoms with E-state index in [-0.39, 0.29) is 12.6 Å². The van der Waals surface area contributed by atoms with Crippen molar-refractivity contribution >= 4 is 17.6 Å². The summed E-state index contributed by atoms with van der Waals surface area (Å²) in [6.07, 6.45) is 1.38. The van der Waals surface area contributed by atoms with Gasteiger partial charge in [-0.2, -0.15) is 0 Å². The van der Waals surface area contributed by atoms with Gasteiger partial charge in [-0.1, -0.05) is 29.8 Å². The molecule has 2 atom stereocenters. The van der Waals surface area contributed by atoms with Crippen molar-refractivity contribution in [1.82, 2.24) is 10.6 Å². The summed E-state index contributed by atoms with van der Waals surface area (Å²) in [4.78, 5) is 4.43. The number of hydrogen-bond acceptors (Lipinski definition) is 4. The Morgan fingerprint density at radius 3 is 3.00 bits per heavy atom. The summed E-state index contributed by atoms with van der Waals surface area (Å²) >= 11 is 6.11. The number of aliphatic imine (C=N–C) groups is 1. The predicted octanol–water partition coefficient (Wildman–Crippen LogP) is 2.12. The number of halogens is 1. The fourth-order valence-corrected chi connectivity index (χ4v) is 2.80. The average molecular weight is 370 g/mol. The Kier molecular flexibility index (Phi) is 9.04. The largest absolute Gasteiger partial charge is 0.386 e. The summed E-state index contributed by atoms with van der Waals surface area (Å²) in [5.41, 5.74) is 0.691. The predicted molar refractivity (Wildman–Crippen MR) is 100 cm³/mol. The molecule has 1 aliphatic heterocycles. The van der Waals surface area contributed by atoms with Crippen molar-refractivity contribution in [1.29, 1.82) is 0 Å². The van der Waals surface area contributed by atoms with E-state index in [4.69, 9.17) is 21.1 Å². The van der Waals surface area contributed by atoms with Crippen molar-refractivity contribution in [3.63, 3.8) is 0 Å². The molecule has 1 aromatic rings. The standard InChI is InChI=1S/C18H28ClN3O3/c1-2-20-18(21-9-5-10-25-14-8-11-24-13-14)22-12-17(23)15-6-3-4-7-16(15)19/h3-4,6-7,14,17,23H,2,5,8-13H2,1H3,(H2,20,21,22). The maximum atomic E-state index is 10.3. The van der Waals surface area contributed by atoms with Crippen LogP contribution in [0.5, 0.6) is 0 Å². The smallest absolute Gasteiger partial charge is 0.191 e. The number of nitrogens with zero attached hydrogens (tertiary/aromatic N) is 1. The van der Waals surface area contributed by atoms with Gasteiger partial charge in [-0.15, -0.1) is 0 Å². The second kappa shape index (κ2) is 11.3. The molecule has 140 valence electrons. The number of aliphatic hydroxyl groups is 1. The minimum Gasteiger partial charge on any atom is -0.386 e. The zero-order valence-electron chi connectivity index (χ0n) is 14.7. The summed E-state index contributed by atoms with van der Waals surface area (Å²) in [5, 5.41) is 17.2. The summed E-state index contributed by atoms with van der Waals surface area (Å²) in [6.45, 7) is 5.96. The molecule has 1 saturated heterocycles. The Bertz CT molecular complexity index is 536. The fourth-order valence-electron chi connectivity index (χ4n) is 2.54. The lowest BCUT2D eigenvalue weighted by Gasteiger charge is -2.14. The van der Waals surface area contributed by atoms with Crippen LogP contribution in [-0.4, -0.2) is 56.6 Å². The van der Waals surface area contributed by atoms with Crippen LogP contribution in [0.1, 0.15) is 31.4 Å². The Hall–Kier alpha value is -1.34. The van der Waals surface area contributed by atoms with Crippen LogP contribution in [0.15, 0.2) is 29.3 Å². The van der Waals surface area contributed by atoms with E-state index in [1.807, 2.05) is 25.1 Å². The van der Waals surface area contributed by atoms with E-state index in [1.54, 1.807) is 6.07 Å². The molecule has 3 N–H and O–H groups in total. The molecule has 2 rings (SSSR count). The normalized spacial score (nSPS) is 19.0. The SMILES string of the molecule is CCNC(=NCC(O)c1ccccc1Cl)NCCCOC1CCOC1. The van der Waals surface area contributed by atoms with Crippen molar-refractivity contribution < 1.29 is 14.6 Å². The van der Waals surface area contributed by atoms with Crippen LogP contribution in [0, 0.1) is 0 Å². The highest BCUT2D eigenvalue weighted by atomic mass is 35.5. The second-order valence-corrected chi connectivity index (χ2v) is 6.30. The summed E-state index contributed by atoms with van der Waals surface area (Å²) in [6, 6.07) is 7.27. The van der Waals surface area contributed by atoms with Crippen molar-refractivity contribution in [2.75, 3.05) is 39.5 Å². The van der Waals surface area contributed by atoms with Crippen LogP contribution in [0.3, 0.4) is 0 Å². The maximum Gasteiger partial charge on any atom is 0.191 e. The van der Waals surface area contributed by atoms with Gasteiger partial charge in [0, 0.05) is 36.9 Å². The molecule has 1 heterocycles. The van der Waals surface area contributed by atoms with Gasteiger partial charge in [-0.3, -0.25) is 4.99 Å². The van der Waals surface area contributed by atoms with Gasteiger partial charge in [0.05, 0.1) is 19.3 Å². The molecule has 0 amide bonds. The summed E-state index contributed by atoms with van der Waals surface area (Å²) < 4.78 is 11.0. The third kappa shape index (κ3) is 7.20. The number of ether oxygens (including phenoxy) is 2. The van der Waals surface area contributed by atoms with Crippen molar-refractivity contribution in [2.45, 2.75) is 32.0 Å². The van der Waals surface area contributed by atoms with Gasteiger partial charge >= 0.3 is 0 Å². The van der Waals surface area contributed by atoms with Crippen LogP contribution in [0.4, 0.5) is 0 Å². The van der Waals surface area contributed by atoms with Crippen LogP contribution in [0.2, 0.25) is 5.02 Å². The third-order valence-corrected chi connectivity index (χ3v) is 4.23. The molecule has 25 heavy (non-hydrogen) atoms. The topological polar surface area (TPSA) is 75.1 Å². The molecule has 0 aliphatic carbocycles. The molecular formula is C18H28ClN3O3. The van der Waals surface area contributed by atoms with Gasteiger partial charge < -0.3 is 25.2 Å². The Balaban J connectivity index is 1.72. The number of benzene rings is 1. The highest BCUT2D eigenvalue weighted by molar-refractivity contribution is 6.31. The molecular weight excluding hydrogens is 342 g/mol. The van der Waals surface area contributed by atoms with Crippen molar-refractivity contribution in [3.05, 3.63) is 34.9 Å². The Morgan fingerprint density at radius 1 is 1.44 bits per heavy atom. The number of guanidine groups is 1. The minimum absolute atomic E-state index is 0.243. The first-order valence-electron chi connectivity index (χ1n) is 8.84. The van der Waals surface area contributed by atoms with E-state index in [0.29, 0.717) is 29.8 Å². The highest BCUT2D eigenvalue weighted by Crippen LogP contribution is 2.22. The van der Waals surface area contributed by atoms with Gasteiger partial charge in [-0.05, 0) is 25.8 Å². The van der Waals surface area contributed by atoms with Crippen LogP contribution in [-0.2, 0) is 9.47 Å². The quantitative estimate of drug-likeness (QED) is 0.353. The van der Waals surface area contributed by atoms with E-state index in [2.05, 4.69) is 15.6 Å². The first kappa shape index (κ1) is 20.0. The van der Waals surface area contributed by atoms with E-state index < -0.39 is 6.10 Å². The molecule has 0 radical (unpaired) electrons. The Morgan fingerprint density at radius 2 is 2.28 bits per heavy atom. The molecule has 0 spiro atoms. The molecule has 1 aromatic carbocycles. The summed E-state index contributed by atoms with van der Waals surface area (Å²) in [7, 11) is 0. The van der Waals surface area contributed by atoms with Crippen LogP contribution < -0.4 is 10.6 Å². The number of nitrogens with one attached hydrogen (secondary N) is 2. The van der Waals surface area contributed by atoms with Crippen molar-refractivity contribution in [2.24, 2.45) is 4.99 Å². The lowest BCUT2D eigenvalue weighted by molar-refractivity contribution is 0.0420. The van der Waals surface area contributed by atoms with E-state index >= 15 is 0 Å². The molecule has 0 aromatic heterocycles. The Labute approximate surface area is 154 Å². The first-order chi connectivity index (χ1) is 12.2. The highest BCUT2D eigenvalue weighted by Gasteiger charge is 2.15. The van der Waals surface area contributed by atoms with Gasteiger partial charge in [0.15, 0.2) is 5.96 Å². The van der Waals surface area contributed by atoms with E-state index in [9.17, 15) is 5.11 Å². The third-order valence-electron chi connectivity index (χ3n) is 3.89. The minimum atomic E-state index is -0.727. The number of aliphatic hydroxyl groups excluding tert-OH is 1. The van der Waals surface area contributed by atoms with Gasteiger partial charge in [0.2, 0.25) is 0 Å². The van der Waals surface area contributed by atoms with E-state index in [1.165, 1.54) is 0 Å². The molecule has 7 heteroatoms. The lowest BCUT2D eigenvalue weighted by Crippen LogP contribution is -2.38. The van der Waals surface area contributed by atoms with Gasteiger partial charge in [0.1, 0.15) is 6.10 Å². The number of hydrogen-bond donors (Lipinski definition) is 3. The van der Waals surface area contributed by atoms with Crippen molar-refractivity contribution in [3.8, 4) is 0 Å². The molecule has 0 bridgehead atoms. The first-order valence-corrected chi connectivity index (χ1v) is 9.22. The molecule has 6 nitrogen and oxygen atoms in total.